The molecule has 3 rings (SSSR count). The van der Waals surface area contributed by atoms with Gasteiger partial charge in [-0.3, -0.25) is 9.36 Å². The molecule has 0 atom stereocenters. The van der Waals surface area contributed by atoms with Crippen molar-refractivity contribution in [1.82, 2.24) is 4.57 Å². The van der Waals surface area contributed by atoms with Crippen LogP contribution in [0.3, 0.4) is 0 Å². The van der Waals surface area contributed by atoms with E-state index in [1.807, 2.05) is 36.4 Å². The number of methoxy groups -OCH3 is 2. The normalized spacial score (nSPS) is 10.7. The number of azo groups is 1. The molecule has 1 N–H and O–H groups in total. The molecule has 0 aliphatic heterocycles. The third kappa shape index (κ3) is 4.00. The van der Waals surface area contributed by atoms with Crippen LogP contribution in [0.15, 0.2) is 63.6 Å². The summed E-state index contributed by atoms with van der Waals surface area (Å²) in [6.45, 7) is 1.64. The van der Waals surface area contributed by atoms with Gasteiger partial charge in [0.1, 0.15) is 28.8 Å². The van der Waals surface area contributed by atoms with Gasteiger partial charge in [-0.05, 0) is 24.6 Å². The zero-order valence-electron chi connectivity index (χ0n) is 16.8. The second kappa shape index (κ2) is 8.92. The lowest BCUT2D eigenvalue weighted by Gasteiger charge is -2.13. The van der Waals surface area contributed by atoms with Crippen LogP contribution in [0.25, 0.3) is 0 Å². The van der Waals surface area contributed by atoms with Crippen molar-refractivity contribution >= 4 is 11.4 Å². The highest BCUT2D eigenvalue weighted by Gasteiger charge is 2.19. The molecule has 1 aromatic heterocycles. The number of rotatable bonds is 6. The molecule has 0 aliphatic rings. The standard InChI is InChI=1S/C22H20N4O4/c1-14-17(12-23)21(27)26(13-15-7-5-4-6-8-15)22(28)20(14)25-24-18-10-9-16(29-2)11-19(18)30-3/h4-11,27H,13H2,1-3H3. The van der Waals surface area contributed by atoms with Gasteiger partial charge < -0.3 is 14.6 Å². The van der Waals surface area contributed by atoms with Crippen LogP contribution in [0.4, 0.5) is 11.4 Å². The van der Waals surface area contributed by atoms with E-state index in [1.54, 1.807) is 25.1 Å². The van der Waals surface area contributed by atoms with E-state index in [0.717, 1.165) is 10.1 Å². The van der Waals surface area contributed by atoms with Gasteiger partial charge in [0, 0.05) is 11.6 Å². The molecule has 2 aromatic carbocycles. The van der Waals surface area contributed by atoms with Gasteiger partial charge in [-0.2, -0.15) is 5.26 Å². The lowest BCUT2D eigenvalue weighted by Crippen LogP contribution is -2.22. The summed E-state index contributed by atoms with van der Waals surface area (Å²) < 4.78 is 11.6. The second-order valence-electron chi connectivity index (χ2n) is 6.40. The molecule has 3 aromatic rings. The topological polar surface area (TPSA) is 109 Å². The maximum absolute atomic E-state index is 13.0. The number of ether oxygens (including phenoxy) is 2. The number of hydrogen-bond acceptors (Lipinski definition) is 7. The number of pyridine rings is 1. The SMILES string of the molecule is COc1ccc(N=Nc2c(C)c(C#N)c(O)n(Cc3ccccc3)c2=O)c(OC)c1. The van der Waals surface area contributed by atoms with Gasteiger partial charge in [-0.15, -0.1) is 10.2 Å². The van der Waals surface area contributed by atoms with E-state index in [1.165, 1.54) is 14.2 Å². The fourth-order valence-electron chi connectivity index (χ4n) is 2.94. The van der Waals surface area contributed by atoms with E-state index in [-0.39, 0.29) is 23.4 Å². The molecular formula is C22H20N4O4. The third-order valence-corrected chi connectivity index (χ3v) is 4.60. The molecule has 0 saturated heterocycles. The molecule has 0 unspecified atom stereocenters. The second-order valence-corrected chi connectivity index (χ2v) is 6.40. The average molecular weight is 404 g/mol. The third-order valence-electron chi connectivity index (χ3n) is 4.60. The number of hydrogen-bond donors (Lipinski definition) is 1. The summed E-state index contributed by atoms with van der Waals surface area (Å²) in [7, 11) is 3.02. The smallest absolute Gasteiger partial charge is 0.281 e. The predicted octanol–water partition coefficient (Wildman–Crippen LogP) is 4.21. The Kier molecular flexibility index (Phi) is 6.13. The first-order valence-electron chi connectivity index (χ1n) is 9.04. The minimum atomic E-state index is -0.552. The van der Waals surface area contributed by atoms with E-state index < -0.39 is 11.4 Å². The van der Waals surface area contributed by atoms with Gasteiger partial charge in [0.25, 0.3) is 5.56 Å². The molecule has 8 nitrogen and oxygen atoms in total. The van der Waals surface area contributed by atoms with Gasteiger partial charge in [0.2, 0.25) is 5.88 Å². The summed E-state index contributed by atoms with van der Waals surface area (Å²) in [5.74, 6) is 0.605. The largest absolute Gasteiger partial charge is 0.497 e. The Labute approximate surface area is 173 Å². The van der Waals surface area contributed by atoms with Crippen molar-refractivity contribution in [3.05, 3.63) is 75.6 Å². The van der Waals surface area contributed by atoms with Gasteiger partial charge >= 0.3 is 0 Å². The Hall–Kier alpha value is -4.12. The molecule has 30 heavy (non-hydrogen) atoms. The zero-order chi connectivity index (χ0) is 21.7. The minimum absolute atomic E-state index is 0.0267. The van der Waals surface area contributed by atoms with Crippen molar-refractivity contribution in [2.75, 3.05) is 14.2 Å². The molecule has 0 spiro atoms. The van der Waals surface area contributed by atoms with Crippen LogP contribution < -0.4 is 15.0 Å². The summed E-state index contributed by atoms with van der Waals surface area (Å²) >= 11 is 0. The average Bonchev–Trinajstić information content (AvgIpc) is 2.77. The van der Waals surface area contributed by atoms with E-state index in [0.29, 0.717) is 17.2 Å². The Morgan fingerprint density at radius 3 is 2.47 bits per heavy atom. The Morgan fingerprint density at radius 1 is 1.10 bits per heavy atom. The van der Waals surface area contributed by atoms with Crippen LogP contribution in [0.5, 0.6) is 17.4 Å². The maximum Gasteiger partial charge on any atom is 0.281 e. The number of aromatic nitrogens is 1. The molecule has 0 fully saturated rings. The van der Waals surface area contributed by atoms with E-state index in [9.17, 15) is 15.2 Å². The summed E-state index contributed by atoms with van der Waals surface area (Å²) in [5, 5.41) is 28.2. The minimum Gasteiger partial charge on any atom is -0.497 e. The molecular weight excluding hydrogens is 384 g/mol. The van der Waals surface area contributed by atoms with E-state index in [2.05, 4.69) is 10.2 Å². The van der Waals surface area contributed by atoms with E-state index in [4.69, 9.17) is 9.47 Å². The Bertz CT molecular complexity index is 1190. The van der Waals surface area contributed by atoms with Gasteiger partial charge in [-0.1, -0.05) is 30.3 Å². The quantitative estimate of drug-likeness (QED) is 0.619. The van der Waals surface area contributed by atoms with Crippen LogP contribution >= 0.6 is 0 Å². The van der Waals surface area contributed by atoms with Crippen molar-refractivity contribution in [3.8, 4) is 23.4 Å². The maximum atomic E-state index is 13.0. The summed E-state index contributed by atoms with van der Waals surface area (Å²) in [6.07, 6.45) is 0. The van der Waals surface area contributed by atoms with Gasteiger partial charge in [0.05, 0.1) is 20.8 Å². The van der Waals surface area contributed by atoms with Crippen molar-refractivity contribution < 1.29 is 14.6 Å². The number of aromatic hydroxyl groups is 1. The molecule has 8 heteroatoms. The van der Waals surface area contributed by atoms with Crippen molar-refractivity contribution in [1.29, 1.82) is 5.26 Å². The zero-order valence-corrected chi connectivity index (χ0v) is 16.8. The van der Waals surface area contributed by atoms with E-state index >= 15 is 0 Å². The monoisotopic (exact) mass is 404 g/mol. The first kappa shape index (κ1) is 20.6. The highest BCUT2D eigenvalue weighted by atomic mass is 16.5. The summed E-state index contributed by atoms with van der Waals surface area (Å²) in [4.78, 5) is 13.0. The lowest BCUT2D eigenvalue weighted by molar-refractivity contribution is 0.395. The fourth-order valence-corrected chi connectivity index (χ4v) is 2.94. The molecule has 1 heterocycles. The Balaban J connectivity index is 2.11. The summed E-state index contributed by atoms with van der Waals surface area (Å²) in [6, 6.07) is 16.1. The van der Waals surface area contributed by atoms with Crippen LogP contribution in [0.2, 0.25) is 0 Å². The molecule has 0 saturated carbocycles. The Morgan fingerprint density at radius 2 is 1.83 bits per heavy atom. The molecule has 0 aliphatic carbocycles. The summed E-state index contributed by atoms with van der Waals surface area (Å²) in [5.41, 5.74) is 0.824. The number of nitrogens with zero attached hydrogens (tertiary/aromatic N) is 4. The highest BCUT2D eigenvalue weighted by molar-refractivity contribution is 5.58. The number of benzene rings is 2. The fraction of sp³-hybridized carbons (Fsp3) is 0.182. The molecule has 0 radical (unpaired) electrons. The van der Waals surface area contributed by atoms with Crippen LogP contribution in [0.1, 0.15) is 16.7 Å². The molecule has 152 valence electrons. The first-order chi connectivity index (χ1) is 14.5. The van der Waals surface area contributed by atoms with Crippen molar-refractivity contribution in [3.63, 3.8) is 0 Å². The van der Waals surface area contributed by atoms with Gasteiger partial charge in [0.15, 0.2) is 5.69 Å². The molecule has 0 amide bonds. The predicted molar refractivity (Wildman–Crippen MR) is 111 cm³/mol. The van der Waals surface area contributed by atoms with Crippen LogP contribution in [-0.2, 0) is 6.54 Å². The van der Waals surface area contributed by atoms with Crippen molar-refractivity contribution in [2.45, 2.75) is 13.5 Å². The van der Waals surface area contributed by atoms with Crippen LogP contribution in [0, 0.1) is 18.3 Å². The molecule has 0 bridgehead atoms. The highest BCUT2D eigenvalue weighted by Crippen LogP contribution is 2.33. The first-order valence-corrected chi connectivity index (χ1v) is 9.04. The van der Waals surface area contributed by atoms with Crippen LogP contribution in [-0.4, -0.2) is 23.9 Å². The van der Waals surface area contributed by atoms with Crippen molar-refractivity contribution in [2.24, 2.45) is 10.2 Å². The lowest BCUT2D eigenvalue weighted by atomic mass is 10.1. The number of nitriles is 1. The van der Waals surface area contributed by atoms with Gasteiger partial charge in [-0.25, -0.2) is 0 Å².